The van der Waals surface area contributed by atoms with Gasteiger partial charge in [0.1, 0.15) is 10.9 Å². The lowest BCUT2D eigenvalue weighted by Gasteiger charge is -2.15. The first kappa shape index (κ1) is 15.3. The molecule has 0 aliphatic heterocycles. The van der Waals surface area contributed by atoms with Crippen LogP contribution in [-0.4, -0.2) is 16.0 Å². The Balaban J connectivity index is 2.16. The Labute approximate surface area is 128 Å². The second-order valence-corrected chi connectivity index (χ2v) is 5.20. The molecule has 2 aromatic rings. The highest BCUT2D eigenvalue weighted by atomic mass is 35.5. The molecular weight excluding hydrogens is 288 g/mol. The molecule has 0 aliphatic carbocycles. The lowest BCUT2D eigenvalue weighted by atomic mass is 10.1. The molecule has 21 heavy (non-hydrogen) atoms. The SMILES string of the molecule is CCc1cc(C(=O)NC(C)c2cccc(O)c2)cc(Cl)n1. The highest BCUT2D eigenvalue weighted by Crippen LogP contribution is 2.19. The average Bonchev–Trinajstić information content (AvgIpc) is 2.46. The number of phenolic OH excluding ortho intramolecular Hbond substituents is 1. The summed E-state index contributed by atoms with van der Waals surface area (Å²) in [6.45, 7) is 3.81. The number of hydrogen-bond donors (Lipinski definition) is 2. The molecule has 0 saturated carbocycles. The van der Waals surface area contributed by atoms with Crippen molar-refractivity contribution in [3.05, 3.63) is 58.4 Å². The van der Waals surface area contributed by atoms with Gasteiger partial charge >= 0.3 is 0 Å². The third kappa shape index (κ3) is 3.95. The molecular formula is C16H17ClN2O2. The van der Waals surface area contributed by atoms with Crippen molar-refractivity contribution in [1.29, 1.82) is 0 Å². The summed E-state index contributed by atoms with van der Waals surface area (Å²) in [5.74, 6) is -0.0429. The molecule has 0 radical (unpaired) electrons. The number of aromatic nitrogens is 1. The molecule has 1 heterocycles. The number of carbonyl (C=O) groups is 1. The van der Waals surface area contributed by atoms with Crippen molar-refractivity contribution >= 4 is 17.5 Å². The van der Waals surface area contributed by atoms with E-state index < -0.39 is 0 Å². The molecule has 1 unspecified atom stereocenters. The third-order valence-electron chi connectivity index (χ3n) is 3.19. The van der Waals surface area contributed by atoms with Crippen molar-refractivity contribution in [1.82, 2.24) is 10.3 Å². The summed E-state index contributed by atoms with van der Waals surface area (Å²) in [5.41, 5.74) is 2.09. The Morgan fingerprint density at radius 2 is 2.14 bits per heavy atom. The average molecular weight is 305 g/mol. The topological polar surface area (TPSA) is 62.2 Å². The summed E-state index contributed by atoms with van der Waals surface area (Å²) in [5, 5.41) is 12.7. The van der Waals surface area contributed by atoms with Crippen LogP contribution in [0.15, 0.2) is 36.4 Å². The molecule has 4 nitrogen and oxygen atoms in total. The smallest absolute Gasteiger partial charge is 0.251 e. The molecule has 1 amide bonds. The number of nitrogens with one attached hydrogen (secondary N) is 1. The Morgan fingerprint density at radius 3 is 2.81 bits per heavy atom. The summed E-state index contributed by atoms with van der Waals surface area (Å²) in [4.78, 5) is 16.4. The minimum Gasteiger partial charge on any atom is -0.508 e. The maximum Gasteiger partial charge on any atom is 0.251 e. The first-order chi connectivity index (χ1) is 9.99. The van der Waals surface area contributed by atoms with Crippen LogP contribution in [0.2, 0.25) is 5.15 Å². The van der Waals surface area contributed by atoms with Gasteiger partial charge in [-0.05, 0) is 43.2 Å². The van der Waals surface area contributed by atoms with Crippen LogP contribution in [0, 0.1) is 0 Å². The standard InChI is InChI=1S/C16H17ClN2O2/c1-3-13-7-12(9-15(17)19-13)16(21)18-10(2)11-5-4-6-14(20)8-11/h4-10,20H,3H2,1-2H3,(H,18,21). The van der Waals surface area contributed by atoms with E-state index in [4.69, 9.17) is 11.6 Å². The molecule has 2 rings (SSSR count). The number of benzene rings is 1. The highest BCUT2D eigenvalue weighted by Gasteiger charge is 2.13. The number of pyridine rings is 1. The van der Waals surface area contributed by atoms with Crippen LogP contribution in [0.1, 0.15) is 41.5 Å². The summed E-state index contributed by atoms with van der Waals surface area (Å²) in [7, 11) is 0. The number of carbonyl (C=O) groups excluding carboxylic acids is 1. The number of amides is 1. The molecule has 110 valence electrons. The monoisotopic (exact) mass is 304 g/mol. The van der Waals surface area contributed by atoms with Crippen molar-refractivity contribution in [3.8, 4) is 5.75 Å². The Hall–Kier alpha value is -2.07. The van der Waals surface area contributed by atoms with E-state index in [1.165, 1.54) is 0 Å². The largest absolute Gasteiger partial charge is 0.508 e. The van der Waals surface area contributed by atoms with Gasteiger partial charge < -0.3 is 10.4 Å². The van der Waals surface area contributed by atoms with E-state index in [2.05, 4.69) is 10.3 Å². The zero-order valence-corrected chi connectivity index (χ0v) is 12.7. The second-order valence-electron chi connectivity index (χ2n) is 4.81. The molecule has 0 fully saturated rings. The number of aryl methyl sites for hydroxylation is 1. The van der Waals surface area contributed by atoms with Gasteiger partial charge in [0, 0.05) is 11.3 Å². The van der Waals surface area contributed by atoms with Crippen LogP contribution in [0.25, 0.3) is 0 Å². The lowest BCUT2D eigenvalue weighted by Crippen LogP contribution is -2.26. The number of halogens is 1. The fourth-order valence-corrected chi connectivity index (χ4v) is 2.25. The van der Waals surface area contributed by atoms with Crippen molar-refractivity contribution in [2.75, 3.05) is 0 Å². The van der Waals surface area contributed by atoms with Crippen LogP contribution < -0.4 is 5.32 Å². The Kier molecular flexibility index (Phi) is 4.81. The first-order valence-electron chi connectivity index (χ1n) is 6.76. The maximum absolute atomic E-state index is 12.3. The second kappa shape index (κ2) is 6.59. The number of aromatic hydroxyl groups is 1. The molecule has 1 aromatic carbocycles. The number of hydrogen-bond acceptors (Lipinski definition) is 3. The summed E-state index contributed by atoms with van der Waals surface area (Å²) in [6.07, 6.45) is 0.711. The van der Waals surface area contributed by atoms with Crippen LogP contribution in [0.3, 0.4) is 0 Å². The summed E-state index contributed by atoms with van der Waals surface area (Å²) < 4.78 is 0. The molecule has 5 heteroatoms. The maximum atomic E-state index is 12.3. The fraction of sp³-hybridized carbons (Fsp3) is 0.250. The van der Waals surface area contributed by atoms with Gasteiger partial charge in [-0.25, -0.2) is 4.98 Å². The van der Waals surface area contributed by atoms with Crippen LogP contribution in [0.5, 0.6) is 5.75 Å². The summed E-state index contributed by atoms with van der Waals surface area (Å²) >= 11 is 5.92. The van der Waals surface area contributed by atoms with Gasteiger partial charge in [-0.1, -0.05) is 30.7 Å². The fourth-order valence-electron chi connectivity index (χ4n) is 2.02. The normalized spacial score (nSPS) is 12.0. The van der Waals surface area contributed by atoms with Gasteiger partial charge in [0.25, 0.3) is 5.91 Å². The minimum absolute atomic E-state index is 0.175. The van der Waals surface area contributed by atoms with Crippen molar-refractivity contribution in [2.45, 2.75) is 26.3 Å². The number of nitrogens with zero attached hydrogens (tertiary/aromatic N) is 1. The molecule has 0 bridgehead atoms. The minimum atomic E-state index is -0.221. The van der Waals surface area contributed by atoms with E-state index in [1.54, 1.807) is 30.3 Å². The molecule has 1 aromatic heterocycles. The first-order valence-corrected chi connectivity index (χ1v) is 7.13. The van der Waals surface area contributed by atoms with Crippen molar-refractivity contribution < 1.29 is 9.90 Å². The van der Waals surface area contributed by atoms with Crippen molar-refractivity contribution in [2.24, 2.45) is 0 Å². The van der Waals surface area contributed by atoms with Crippen LogP contribution in [-0.2, 0) is 6.42 Å². The van der Waals surface area contributed by atoms with Crippen LogP contribution in [0.4, 0.5) is 0 Å². The molecule has 0 spiro atoms. The van der Waals surface area contributed by atoms with Gasteiger partial charge in [0.15, 0.2) is 0 Å². The molecule has 0 aliphatic rings. The summed E-state index contributed by atoms with van der Waals surface area (Å²) in [6, 6.07) is 9.87. The van der Waals surface area contributed by atoms with Gasteiger partial charge in [-0.2, -0.15) is 0 Å². The lowest BCUT2D eigenvalue weighted by molar-refractivity contribution is 0.0939. The predicted octanol–water partition coefficient (Wildman–Crippen LogP) is 3.49. The zero-order chi connectivity index (χ0) is 15.4. The molecule has 1 atom stereocenters. The van der Waals surface area contributed by atoms with E-state index in [9.17, 15) is 9.90 Å². The zero-order valence-electron chi connectivity index (χ0n) is 11.9. The van der Waals surface area contributed by atoms with E-state index in [0.29, 0.717) is 17.1 Å². The van der Waals surface area contributed by atoms with Gasteiger partial charge in [-0.3, -0.25) is 4.79 Å². The van der Waals surface area contributed by atoms with Crippen LogP contribution >= 0.6 is 11.6 Å². The number of phenols is 1. The Morgan fingerprint density at radius 1 is 1.38 bits per heavy atom. The molecule has 2 N–H and O–H groups in total. The van der Waals surface area contributed by atoms with E-state index in [1.807, 2.05) is 19.9 Å². The van der Waals surface area contributed by atoms with Crippen molar-refractivity contribution in [3.63, 3.8) is 0 Å². The third-order valence-corrected chi connectivity index (χ3v) is 3.38. The predicted molar refractivity (Wildman–Crippen MR) is 82.6 cm³/mol. The van der Waals surface area contributed by atoms with E-state index >= 15 is 0 Å². The molecule has 0 saturated heterocycles. The highest BCUT2D eigenvalue weighted by molar-refractivity contribution is 6.29. The number of rotatable bonds is 4. The quantitative estimate of drug-likeness (QED) is 0.850. The van der Waals surface area contributed by atoms with E-state index in [0.717, 1.165) is 11.3 Å². The van der Waals surface area contributed by atoms with Gasteiger partial charge in [0.2, 0.25) is 0 Å². The van der Waals surface area contributed by atoms with E-state index in [-0.39, 0.29) is 17.7 Å². The van der Waals surface area contributed by atoms with Gasteiger partial charge in [-0.15, -0.1) is 0 Å². The van der Waals surface area contributed by atoms with Gasteiger partial charge in [0.05, 0.1) is 6.04 Å². The Bertz CT molecular complexity index is 658.